The van der Waals surface area contributed by atoms with Crippen molar-refractivity contribution in [2.45, 2.75) is 25.3 Å². The van der Waals surface area contributed by atoms with E-state index in [0.29, 0.717) is 6.04 Å². The number of hydrogen-bond donors (Lipinski definition) is 1. The molecule has 0 amide bonds. The Bertz CT molecular complexity index is 609. The second-order valence-corrected chi connectivity index (χ2v) is 5.92. The number of benzene rings is 2. The Labute approximate surface area is 131 Å². The van der Waals surface area contributed by atoms with Gasteiger partial charge in [-0.15, -0.1) is 0 Å². The highest BCUT2D eigenvalue weighted by molar-refractivity contribution is 6.30. The van der Waals surface area contributed by atoms with Gasteiger partial charge in [0.2, 0.25) is 0 Å². The number of aryl methyl sites for hydroxylation is 1. The summed E-state index contributed by atoms with van der Waals surface area (Å²) in [6, 6.07) is 14.9. The van der Waals surface area contributed by atoms with Gasteiger partial charge in [-0.2, -0.15) is 0 Å². The molecule has 0 fully saturated rings. The van der Waals surface area contributed by atoms with E-state index >= 15 is 0 Å². The topological polar surface area (TPSA) is 21.3 Å². The Hall–Kier alpha value is -1.51. The standard InChI is InChI=1S/C18H20ClNO/c1-21-16-8-4-14-5-9-18(17(14)12-16)20-11-10-13-2-6-15(19)7-3-13/h2-4,6-8,12,18,20H,5,9-11H2,1H3. The highest BCUT2D eigenvalue weighted by Crippen LogP contribution is 2.33. The van der Waals surface area contributed by atoms with Crippen molar-refractivity contribution >= 4 is 11.6 Å². The van der Waals surface area contributed by atoms with E-state index in [1.54, 1.807) is 7.11 Å². The maximum Gasteiger partial charge on any atom is 0.119 e. The summed E-state index contributed by atoms with van der Waals surface area (Å²) in [5.74, 6) is 0.945. The zero-order chi connectivity index (χ0) is 14.7. The first-order valence-corrected chi connectivity index (χ1v) is 7.78. The fourth-order valence-corrected chi connectivity index (χ4v) is 3.09. The van der Waals surface area contributed by atoms with E-state index in [-0.39, 0.29) is 0 Å². The summed E-state index contributed by atoms with van der Waals surface area (Å²) < 4.78 is 5.33. The second kappa shape index (κ2) is 6.50. The number of fused-ring (bicyclic) bond motifs is 1. The average molecular weight is 302 g/mol. The Morgan fingerprint density at radius 2 is 2.00 bits per heavy atom. The van der Waals surface area contributed by atoms with Crippen LogP contribution in [0.3, 0.4) is 0 Å². The van der Waals surface area contributed by atoms with Crippen molar-refractivity contribution in [2.75, 3.05) is 13.7 Å². The molecule has 1 aliphatic rings. The minimum atomic E-state index is 0.447. The number of methoxy groups -OCH3 is 1. The summed E-state index contributed by atoms with van der Waals surface area (Å²) >= 11 is 5.91. The SMILES string of the molecule is COc1ccc2c(c1)C(NCCc1ccc(Cl)cc1)CC2. The molecule has 1 N–H and O–H groups in total. The van der Waals surface area contributed by atoms with Crippen LogP contribution in [-0.2, 0) is 12.8 Å². The summed E-state index contributed by atoms with van der Waals surface area (Å²) in [6.45, 7) is 0.975. The summed E-state index contributed by atoms with van der Waals surface area (Å²) in [6.07, 6.45) is 3.34. The van der Waals surface area contributed by atoms with Crippen LogP contribution in [0.2, 0.25) is 5.02 Å². The van der Waals surface area contributed by atoms with E-state index in [1.807, 2.05) is 12.1 Å². The zero-order valence-corrected chi connectivity index (χ0v) is 13.0. The molecule has 0 radical (unpaired) electrons. The molecule has 0 aliphatic heterocycles. The van der Waals surface area contributed by atoms with Crippen molar-refractivity contribution in [3.63, 3.8) is 0 Å². The van der Waals surface area contributed by atoms with E-state index in [0.717, 1.165) is 30.2 Å². The molecule has 0 bridgehead atoms. The van der Waals surface area contributed by atoms with Crippen LogP contribution in [0.1, 0.15) is 29.2 Å². The molecule has 0 aromatic heterocycles. The molecular formula is C18H20ClNO. The summed E-state index contributed by atoms with van der Waals surface area (Å²) in [5.41, 5.74) is 4.15. The van der Waals surface area contributed by atoms with Crippen LogP contribution in [0.5, 0.6) is 5.75 Å². The van der Waals surface area contributed by atoms with Crippen molar-refractivity contribution in [3.8, 4) is 5.75 Å². The molecule has 0 saturated heterocycles. The Morgan fingerprint density at radius 3 is 2.76 bits per heavy atom. The zero-order valence-electron chi connectivity index (χ0n) is 12.2. The van der Waals surface area contributed by atoms with Crippen LogP contribution in [0.4, 0.5) is 0 Å². The molecule has 21 heavy (non-hydrogen) atoms. The minimum absolute atomic E-state index is 0.447. The summed E-state index contributed by atoms with van der Waals surface area (Å²) in [5, 5.41) is 4.46. The number of hydrogen-bond acceptors (Lipinski definition) is 2. The van der Waals surface area contributed by atoms with E-state index < -0.39 is 0 Å². The van der Waals surface area contributed by atoms with Crippen LogP contribution in [0.25, 0.3) is 0 Å². The molecule has 0 heterocycles. The molecule has 0 saturated carbocycles. The van der Waals surface area contributed by atoms with Gasteiger partial charge in [-0.3, -0.25) is 0 Å². The highest BCUT2D eigenvalue weighted by atomic mass is 35.5. The Balaban J connectivity index is 1.59. The second-order valence-electron chi connectivity index (χ2n) is 5.49. The van der Waals surface area contributed by atoms with Crippen LogP contribution in [0.15, 0.2) is 42.5 Å². The molecule has 1 unspecified atom stereocenters. The third-order valence-electron chi connectivity index (χ3n) is 4.15. The molecule has 2 nitrogen and oxygen atoms in total. The first-order valence-electron chi connectivity index (χ1n) is 7.41. The van der Waals surface area contributed by atoms with Crippen molar-refractivity contribution in [3.05, 3.63) is 64.2 Å². The normalized spacial score (nSPS) is 16.8. The first-order chi connectivity index (χ1) is 10.3. The monoisotopic (exact) mass is 301 g/mol. The third kappa shape index (κ3) is 3.39. The van der Waals surface area contributed by atoms with Crippen LogP contribution < -0.4 is 10.1 Å². The van der Waals surface area contributed by atoms with Gasteiger partial charge >= 0.3 is 0 Å². The van der Waals surface area contributed by atoms with E-state index in [1.165, 1.54) is 23.1 Å². The van der Waals surface area contributed by atoms with Gasteiger partial charge in [0.15, 0.2) is 0 Å². The molecular weight excluding hydrogens is 282 g/mol. The van der Waals surface area contributed by atoms with Gasteiger partial charge in [0.25, 0.3) is 0 Å². The molecule has 3 rings (SSSR count). The number of halogens is 1. The predicted octanol–water partition coefficient (Wildman–Crippen LogP) is 4.17. The predicted molar refractivity (Wildman–Crippen MR) is 87.2 cm³/mol. The summed E-state index contributed by atoms with van der Waals surface area (Å²) in [4.78, 5) is 0. The molecule has 0 spiro atoms. The summed E-state index contributed by atoms with van der Waals surface area (Å²) in [7, 11) is 1.72. The molecule has 3 heteroatoms. The fraction of sp³-hybridized carbons (Fsp3) is 0.333. The van der Waals surface area contributed by atoms with Gasteiger partial charge in [0.05, 0.1) is 7.11 Å². The molecule has 2 aromatic carbocycles. The molecule has 1 aliphatic carbocycles. The lowest BCUT2D eigenvalue weighted by Gasteiger charge is -2.15. The van der Waals surface area contributed by atoms with E-state index in [4.69, 9.17) is 16.3 Å². The van der Waals surface area contributed by atoms with Crippen molar-refractivity contribution in [2.24, 2.45) is 0 Å². The largest absolute Gasteiger partial charge is 0.497 e. The van der Waals surface area contributed by atoms with Gasteiger partial charge in [-0.05, 0) is 66.8 Å². The minimum Gasteiger partial charge on any atom is -0.497 e. The molecule has 1 atom stereocenters. The maximum atomic E-state index is 5.91. The number of ether oxygens (including phenoxy) is 1. The van der Waals surface area contributed by atoms with Crippen LogP contribution >= 0.6 is 11.6 Å². The fourth-order valence-electron chi connectivity index (χ4n) is 2.96. The third-order valence-corrected chi connectivity index (χ3v) is 4.40. The Kier molecular flexibility index (Phi) is 4.47. The Morgan fingerprint density at radius 1 is 1.19 bits per heavy atom. The van der Waals surface area contributed by atoms with E-state index in [9.17, 15) is 0 Å². The lowest BCUT2D eigenvalue weighted by Crippen LogP contribution is -2.21. The van der Waals surface area contributed by atoms with Crippen molar-refractivity contribution in [1.82, 2.24) is 5.32 Å². The number of nitrogens with one attached hydrogen (secondary N) is 1. The lowest BCUT2D eigenvalue weighted by atomic mass is 10.1. The van der Waals surface area contributed by atoms with Crippen molar-refractivity contribution in [1.29, 1.82) is 0 Å². The van der Waals surface area contributed by atoms with Gasteiger partial charge in [0, 0.05) is 11.1 Å². The number of rotatable bonds is 5. The lowest BCUT2D eigenvalue weighted by molar-refractivity contribution is 0.413. The van der Waals surface area contributed by atoms with Crippen molar-refractivity contribution < 1.29 is 4.74 Å². The maximum absolute atomic E-state index is 5.91. The van der Waals surface area contributed by atoms with Crippen LogP contribution in [0, 0.1) is 0 Å². The van der Waals surface area contributed by atoms with Gasteiger partial charge in [0.1, 0.15) is 5.75 Å². The van der Waals surface area contributed by atoms with Gasteiger partial charge < -0.3 is 10.1 Å². The van der Waals surface area contributed by atoms with Crippen LogP contribution in [-0.4, -0.2) is 13.7 Å². The average Bonchev–Trinajstić information content (AvgIpc) is 2.91. The van der Waals surface area contributed by atoms with Gasteiger partial charge in [-0.1, -0.05) is 29.8 Å². The van der Waals surface area contributed by atoms with E-state index in [2.05, 4.69) is 35.6 Å². The smallest absolute Gasteiger partial charge is 0.119 e. The van der Waals surface area contributed by atoms with Gasteiger partial charge in [-0.25, -0.2) is 0 Å². The first kappa shape index (κ1) is 14.4. The highest BCUT2D eigenvalue weighted by Gasteiger charge is 2.22. The quantitative estimate of drug-likeness (QED) is 0.895. The molecule has 110 valence electrons. The molecule has 2 aromatic rings.